The lowest BCUT2D eigenvalue weighted by Gasteiger charge is -2.20. The summed E-state index contributed by atoms with van der Waals surface area (Å²) in [4.78, 5) is 1.38. The number of hydrogen-bond acceptors (Lipinski definition) is 2. The zero-order valence-electron chi connectivity index (χ0n) is 12.2. The van der Waals surface area contributed by atoms with Crippen LogP contribution in [-0.4, -0.2) is 0 Å². The van der Waals surface area contributed by atoms with Gasteiger partial charge in [-0.25, -0.2) is 0 Å². The Morgan fingerprint density at radius 1 is 1.05 bits per heavy atom. The summed E-state index contributed by atoms with van der Waals surface area (Å²) in [6.07, 6.45) is 0. The van der Waals surface area contributed by atoms with Crippen LogP contribution in [0.3, 0.4) is 0 Å². The van der Waals surface area contributed by atoms with Gasteiger partial charge in [0.25, 0.3) is 0 Å². The van der Waals surface area contributed by atoms with Crippen molar-refractivity contribution in [1.29, 1.82) is 0 Å². The average molecular weight is 377 g/mol. The zero-order valence-corrected chi connectivity index (χ0v) is 15.4. The van der Waals surface area contributed by atoms with Gasteiger partial charge in [0.2, 0.25) is 0 Å². The van der Waals surface area contributed by atoms with E-state index in [4.69, 9.17) is 0 Å². The summed E-state index contributed by atoms with van der Waals surface area (Å²) < 4.78 is 1.28. The van der Waals surface area contributed by atoms with E-state index in [2.05, 4.69) is 72.2 Å². The molecule has 0 bridgehead atoms. The number of hydrogen-bond donors (Lipinski definition) is 0. The molecule has 1 aliphatic heterocycles. The highest BCUT2D eigenvalue weighted by Gasteiger charge is 2.18. The monoisotopic (exact) mass is 376 g/mol. The lowest BCUT2D eigenvalue weighted by Crippen LogP contribution is -1.97. The van der Waals surface area contributed by atoms with Gasteiger partial charge in [-0.3, -0.25) is 0 Å². The van der Waals surface area contributed by atoms with Crippen molar-refractivity contribution in [1.82, 2.24) is 0 Å². The van der Waals surface area contributed by atoms with E-state index in [9.17, 15) is 0 Å². The predicted octanol–water partition coefficient (Wildman–Crippen LogP) is 6.50. The Kier molecular flexibility index (Phi) is 4.82. The van der Waals surface area contributed by atoms with E-state index < -0.39 is 0 Å². The second-order valence-corrected chi connectivity index (χ2v) is 8.62. The van der Waals surface area contributed by atoms with Crippen LogP contribution in [0.2, 0.25) is 0 Å². The Morgan fingerprint density at radius 2 is 1.76 bits per heavy atom. The standard InChI is InChI=1S/C18H17BrS2/c1-12-3-6-14(7-4-12)10-20-17-16-9-13(2)5-8-15(16)11-21-18(17)19/h3-9H,10-11H2,1-2H3. The minimum absolute atomic E-state index is 1.01. The highest BCUT2D eigenvalue weighted by Crippen LogP contribution is 2.47. The number of halogens is 1. The molecule has 1 heterocycles. The summed E-state index contributed by atoms with van der Waals surface area (Å²) in [5, 5.41) is 0. The molecule has 2 aromatic carbocycles. The van der Waals surface area contributed by atoms with Crippen molar-refractivity contribution in [2.45, 2.75) is 25.4 Å². The molecule has 3 rings (SSSR count). The summed E-state index contributed by atoms with van der Waals surface area (Å²) in [7, 11) is 0. The van der Waals surface area contributed by atoms with Crippen LogP contribution in [-0.2, 0) is 11.5 Å². The van der Waals surface area contributed by atoms with Crippen LogP contribution in [0, 0.1) is 13.8 Å². The molecule has 0 radical (unpaired) electrons. The Hall–Kier alpha value is -0.640. The molecule has 0 spiro atoms. The van der Waals surface area contributed by atoms with Crippen LogP contribution in [0.25, 0.3) is 4.91 Å². The molecule has 1 aliphatic rings. The molecule has 0 saturated carbocycles. The fourth-order valence-electron chi connectivity index (χ4n) is 2.31. The molecule has 21 heavy (non-hydrogen) atoms. The summed E-state index contributed by atoms with van der Waals surface area (Å²) in [5.74, 6) is 2.07. The van der Waals surface area contributed by atoms with Gasteiger partial charge in [-0.2, -0.15) is 0 Å². The van der Waals surface area contributed by atoms with Crippen LogP contribution in [0.4, 0.5) is 0 Å². The van der Waals surface area contributed by atoms with Crippen molar-refractivity contribution >= 4 is 44.4 Å². The maximum absolute atomic E-state index is 3.76. The molecular formula is C18H17BrS2. The minimum atomic E-state index is 1.01. The van der Waals surface area contributed by atoms with Gasteiger partial charge in [-0.1, -0.05) is 53.6 Å². The van der Waals surface area contributed by atoms with E-state index in [-0.39, 0.29) is 0 Å². The second kappa shape index (κ2) is 6.64. The van der Waals surface area contributed by atoms with Crippen molar-refractivity contribution in [3.8, 4) is 0 Å². The number of rotatable bonds is 3. The van der Waals surface area contributed by atoms with Gasteiger partial charge in [-0.15, -0.1) is 23.5 Å². The normalized spacial score (nSPS) is 14.2. The van der Waals surface area contributed by atoms with Crippen molar-refractivity contribution in [2.75, 3.05) is 0 Å². The molecule has 3 heteroatoms. The third kappa shape index (κ3) is 3.58. The minimum Gasteiger partial charge on any atom is -0.119 e. The molecule has 108 valence electrons. The third-order valence-electron chi connectivity index (χ3n) is 3.55. The van der Waals surface area contributed by atoms with Gasteiger partial charge >= 0.3 is 0 Å². The maximum atomic E-state index is 3.76. The Bertz CT molecular complexity index is 687. The average Bonchev–Trinajstić information content (AvgIpc) is 2.48. The quantitative estimate of drug-likeness (QED) is 0.598. The van der Waals surface area contributed by atoms with Crippen LogP contribution >= 0.6 is 39.5 Å². The highest BCUT2D eigenvalue weighted by molar-refractivity contribution is 9.14. The van der Waals surface area contributed by atoms with E-state index in [0.717, 1.165) is 11.5 Å². The van der Waals surface area contributed by atoms with Gasteiger partial charge in [0.1, 0.15) is 0 Å². The molecule has 2 aromatic rings. The van der Waals surface area contributed by atoms with E-state index in [1.54, 1.807) is 0 Å². The second-order valence-electron chi connectivity index (χ2n) is 5.33. The van der Waals surface area contributed by atoms with Crippen molar-refractivity contribution in [2.24, 2.45) is 0 Å². The Morgan fingerprint density at radius 3 is 2.52 bits per heavy atom. The first-order chi connectivity index (χ1) is 10.1. The predicted molar refractivity (Wildman–Crippen MR) is 101 cm³/mol. The van der Waals surface area contributed by atoms with E-state index in [0.29, 0.717) is 0 Å². The summed E-state index contributed by atoms with van der Waals surface area (Å²) in [5.41, 5.74) is 6.87. The first kappa shape index (κ1) is 15.3. The first-order valence-electron chi connectivity index (χ1n) is 6.94. The molecular weight excluding hydrogens is 360 g/mol. The SMILES string of the molecule is Cc1ccc(CSC2=C(Br)SCc3ccc(C)cc32)cc1. The van der Waals surface area contributed by atoms with Gasteiger partial charge in [0.15, 0.2) is 0 Å². The molecule has 0 atom stereocenters. The highest BCUT2D eigenvalue weighted by atomic mass is 79.9. The van der Waals surface area contributed by atoms with Crippen LogP contribution in [0.1, 0.15) is 27.8 Å². The molecule has 0 fully saturated rings. The van der Waals surface area contributed by atoms with Crippen LogP contribution in [0.15, 0.2) is 46.3 Å². The van der Waals surface area contributed by atoms with Crippen molar-refractivity contribution in [3.05, 3.63) is 74.1 Å². The number of aryl methyl sites for hydroxylation is 2. The fourth-order valence-corrected chi connectivity index (χ4v) is 5.31. The lowest BCUT2D eigenvalue weighted by molar-refractivity contribution is 1.33. The van der Waals surface area contributed by atoms with Crippen molar-refractivity contribution < 1.29 is 0 Å². The van der Waals surface area contributed by atoms with E-state index in [1.165, 1.54) is 36.5 Å². The molecule has 0 N–H and O–H groups in total. The number of benzene rings is 2. The fraction of sp³-hybridized carbons (Fsp3) is 0.222. The Labute approximate surface area is 143 Å². The van der Waals surface area contributed by atoms with E-state index in [1.807, 2.05) is 23.5 Å². The summed E-state index contributed by atoms with van der Waals surface area (Å²) >= 11 is 7.57. The lowest BCUT2D eigenvalue weighted by atomic mass is 10.1. The zero-order chi connectivity index (χ0) is 14.8. The van der Waals surface area contributed by atoms with Crippen LogP contribution in [0.5, 0.6) is 0 Å². The van der Waals surface area contributed by atoms with Gasteiger partial charge in [0, 0.05) is 16.4 Å². The maximum Gasteiger partial charge on any atom is 0.0648 e. The van der Waals surface area contributed by atoms with Gasteiger partial charge < -0.3 is 0 Å². The largest absolute Gasteiger partial charge is 0.119 e. The Balaban J connectivity index is 1.84. The van der Waals surface area contributed by atoms with Gasteiger partial charge in [-0.05, 0) is 46.5 Å². The molecule has 0 nitrogen and oxygen atoms in total. The van der Waals surface area contributed by atoms with Crippen molar-refractivity contribution in [3.63, 3.8) is 0 Å². The summed E-state index contributed by atoms with van der Waals surface area (Å²) in [6.45, 7) is 4.30. The topological polar surface area (TPSA) is 0 Å². The molecule has 0 aromatic heterocycles. The molecule has 0 unspecified atom stereocenters. The smallest absolute Gasteiger partial charge is 0.0648 e. The van der Waals surface area contributed by atoms with Gasteiger partial charge in [0.05, 0.1) is 3.81 Å². The first-order valence-corrected chi connectivity index (χ1v) is 9.71. The number of fused-ring (bicyclic) bond motifs is 1. The molecule has 0 amide bonds. The molecule has 0 saturated heterocycles. The van der Waals surface area contributed by atoms with Crippen LogP contribution < -0.4 is 0 Å². The molecule has 0 aliphatic carbocycles. The van der Waals surface area contributed by atoms with E-state index >= 15 is 0 Å². The summed E-state index contributed by atoms with van der Waals surface area (Å²) in [6, 6.07) is 15.6. The third-order valence-corrected chi connectivity index (χ3v) is 7.12. The number of thioether (sulfide) groups is 2.